The van der Waals surface area contributed by atoms with Gasteiger partial charge in [-0.25, -0.2) is 5.43 Å². The number of aromatic hydroxyl groups is 1. The summed E-state index contributed by atoms with van der Waals surface area (Å²) in [6.07, 6.45) is 0.485. The van der Waals surface area contributed by atoms with Crippen molar-refractivity contribution in [3.63, 3.8) is 0 Å². The van der Waals surface area contributed by atoms with Crippen molar-refractivity contribution in [1.29, 1.82) is 0 Å². The zero-order valence-corrected chi connectivity index (χ0v) is 14.5. The van der Waals surface area contributed by atoms with Gasteiger partial charge in [0, 0.05) is 10.6 Å². The van der Waals surface area contributed by atoms with Crippen LogP contribution >= 0.6 is 27.5 Å². The molecule has 3 rings (SSSR count). The standard InChI is InChI=1S/C16H12BrClN2O4/c17-11-6-10(18)5-9(15(11)21)7-19-20-16(22)14-8-23-12-3-1-2-4-13(12)24-14/h1-7,14,21H,8H2,(H,20,22)/b19-7-/t14-/m1/s1. The van der Waals surface area contributed by atoms with Crippen LogP contribution in [0.15, 0.2) is 46.0 Å². The lowest BCUT2D eigenvalue weighted by molar-refractivity contribution is -0.130. The first kappa shape index (κ1) is 16.6. The second-order valence-electron chi connectivity index (χ2n) is 4.92. The van der Waals surface area contributed by atoms with Gasteiger partial charge in [-0.2, -0.15) is 5.10 Å². The molecule has 2 aromatic carbocycles. The van der Waals surface area contributed by atoms with Gasteiger partial charge in [-0.3, -0.25) is 4.79 Å². The lowest BCUT2D eigenvalue weighted by atomic mass is 10.2. The molecule has 1 amide bonds. The molecule has 24 heavy (non-hydrogen) atoms. The minimum absolute atomic E-state index is 0.0245. The number of hydrogen-bond donors (Lipinski definition) is 2. The quantitative estimate of drug-likeness (QED) is 0.601. The van der Waals surface area contributed by atoms with E-state index in [-0.39, 0.29) is 12.4 Å². The number of amides is 1. The molecule has 124 valence electrons. The number of rotatable bonds is 3. The van der Waals surface area contributed by atoms with Gasteiger partial charge >= 0.3 is 0 Å². The Bertz CT molecular complexity index is 813. The molecule has 0 saturated carbocycles. The van der Waals surface area contributed by atoms with Crippen LogP contribution in [0.5, 0.6) is 17.2 Å². The molecule has 0 unspecified atom stereocenters. The van der Waals surface area contributed by atoms with Crippen molar-refractivity contribution < 1.29 is 19.4 Å². The van der Waals surface area contributed by atoms with Gasteiger partial charge < -0.3 is 14.6 Å². The van der Waals surface area contributed by atoms with Crippen molar-refractivity contribution in [3.8, 4) is 17.2 Å². The first-order chi connectivity index (χ1) is 11.5. The third kappa shape index (κ3) is 3.63. The SMILES string of the molecule is O=C(N/N=C\c1cc(Cl)cc(Br)c1O)[C@H]1COc2ccccc2O1. The zero-order valence-electron chi connectivity index (χ0n) is 12.2. The van der Waals surface area contributed by atoms with E-state index in [4.69, 9.17) is 21.1 Å². The molecule has 0 aliphatic carbocycles. The summed E-state index contributed by atoms with van der Waals surface area (Å²) >= 11 is 9.08. The smallest absolute Gasteiger partial charge is 0.284 e. The van der Waals surface area contributed by atoms with E-state index in [0.29, 0.717) is 26.6 Å². The van der Waals surface area contributed by atoms with E-state index in [0.717, 1.165) is 0 Å². The van der Waals surface area contributed by atoms with Crippen LogP contribution < -0.4 is 14.9 Å². The maximum atomic E-state index is 12.1. The fraction of sp³-hybridized carbons (Fsp3) is 0.125. The van der Waals surface area contributed by atoms with Gasteiger partial charge in [0.2, 0.25) is 6.10 Å². The molecule has 6 nitrogen and oxygen atoms in total. The molecule has 1 heterocycles. The summed E-state index contributed by atoms with van der Waals surface area (Å²) < 4.78 is 11.5. The number of nitrogens with zero attached hydrogens (tertiary/aromatic N) is 1. The van der Waals surface area contributed by atoms with Gasteiger partial charge in [-0.05, 0) is 40.2 Å². The molecule has 8 heteroatoms. The average molecular weight is 412 g/mol. The summed E-state index contributed by atoms with van der Waals surface area (Å²) in [6.45, 7) is 0.0896. The van der Waals surface area contributed by atoms with Crippen LogP contribution in [0.4, 0.5) is 0 Å². The molecular weight excluding hydrogens is 400 g/mol. The molecule has 1 atom stereocenters. The molecule has 1 aliphatic heterocycles. The van der Waals surface area contributed by atoms with Crippen LogP contribution in [0.1, 0.15) is 5.56 Å². The maximum absolute atomic E-state index is 12.1. The van der Waals surface area contributed by atoms with Crippen LogP contribution in [0.25, 0.3) is 0 Å². The zero-order chi connectivity index (χ0) is 17.1. The minimum Gasteiger partial charge on any atom is -0.506 e. The number of nitrogens with one attached hydrogen (secondary N) is 1. The van der Waals surface area contributed by atoms with Crippen molar-refractivity contribution in [1.82, 2.24) is 5.43 Å². The Morgan fingerprint density at radius 3 is 2.92 bits per heavy atom. The van der Waals surface area contributed by atoms with Crippen molar-refractivity contribution in [2.24, 2.45) is 5.10 Å². The number of fused-ring (bicyclic) bond motifs is 1. The lowest BCUT2D eigenvalue weighted by Crippen LogP contribution is -2.42. The Labute approximate surface area is 151 Å². The summed E-state index contributed by atoms with van der Waals surface area (Å²) in [5.74, 6) is 0.618. The molecule has 0 aromatic heterocycles. The molecule has 1 aliphatic rings. The number of halogens is 2. The van der Waals surface area contributed by atoms with Crippen LogP contribution in [0, 0.1) is 0 Å². The largest absolute Gasteiger partial charge is 0.506 e. The highest BCUT2D eigenvalue weighted by Crippen LogP contribution is 2.31. The van der Waals surface area contributed by atoms with E-state index in [2.05, 4.69) is 26.5 Å². The second-order valence-corrected chi connectivity index (χ2v) is 6.21. The van der Waals surface area contributed by atoms with Crippen molar-refractivity contribution in [2.75, 3.05) is 6.61 Å². The normalized spacial score (nSPS) is 16.2. The molecule has 0 radical (unpaired) electrons. The topological polar surface area (TPSA) is 80.2 Å². The number of phenolic OH excluding ortho intramolecular Hbond substituents is 1. The van der Waals surface area contributed by atoms with Crippen LogP contribution in [0.2, 0.25) is 5.02 Å². The van der Waals surface area contributed by atoms with Gasteiger partial charge in [-0.1, -0.05) is 23.7 Å². The molecule has 2 aromatic rings. The van der Waals surface area contributed by atoms with E-state index >= 15 is 0 Å². The Balaban J connectivity index is 1.64. The first-order valence-corrected chi connectivity index (χ1v) is 8.11. The molecular formula is C16H12BrClN2O4. The minimum atomic E-state index is -0.809. The summed E-state index contributed by atoms with van der Waals surface area (Å²) in [5.41, 5.74) is 2.72. The Morgan fingerprint density at radius 1 is 1.38 bits per heavy atom. The van der Waals surface area contributed by atoms with Crippen LogP contribution in [-0.2, 0) is 4.79 Å². The number of benzene rings is 2. The predicted molar refractivity (Wildman–Crippen MR) is 92.9 cm³/mol. The fourth-order valence-electron chi connectivity index (χ4n) is 2.07. The van der Waals surface area contributed by atoms with E-state index in [1.165, 1.54) is 12.3 Å². The molecule has 2 N–H and O–H groups in total. The van der Waals surface area contributed by atoms with E-state index in [9.17, 15) is 9.90 Å². The van der Waals surface area contributed by atoms with Crippen molar-refractivity contribution in [2.45, 2.75) is 6.10 Å². The summed E-state index contributed by atoms with van der Waals surface area (Å²) in [7, 11) is 0. The van der Waals surface area contributed by atoms with Gasteiger partial charge in [0.25, 0.3) is 5.91 Å². The highest BCUT2D eigenvalue weighted by atomic mass is 79.9. The number of carbonyl (C=O) groups excluding carboxylic acids is 1. The number of phenols is 1. The first-order valence-electron chi connectivity index (χ1n) is 6.94. The molecule has 0 saturated heterocycles. The van der Waals surface area contributed by atoms with Crippen LogP contribution in [-0.4, -0.2) is 29.9 Å². The molecule has 0 spiro atoms. The Morgan fingerprint density at radius 2 is 2.12 bits per heavy atom. The number of hydrazone groups is 1. The number of carbonyl (C=O) groups is 1. The fourth-order valence-corrected chi connectivity index (χ4v) is 2.90. The van der Waals surface area contributed by atoms with Gasteiger partial charge in [0.1, 0.15) is 12.4 Å². The number of hydrogen-bond acceptors (Lipinski definition) is 5. The number of ether oxygens (including phenoxy) is 2. The Kier molecular flexibility index (Phi) is 4.92. The van der Waals surface area contributed by atoms with E-state index in [1.54, 1.807) is 24.3 Å². The van der Waals surface area contributed by atoms with Gasteiger partial charge in [0.15, 0.2) is 11.5 Å². The third-order valence-electron chi connectivity index (χ3n) is 3.24. The van der Waals surface area contributed by atoms with E-state index < -0.39 is 12.0 Å². The summed E-state index contributed by atoms with van der Waals surface area (Å²) in [4.78, 5) is 12.1. The third-order valence-corrected chi connectivity index (χ3v) is 4.06. The lowest BCUT2D eigenvalue weighted by Gasteiger charge is -2.24. The number of para-hydroxylation sites is 2. The van der Waals surface area contributed by atoms with Crippen molar-refractivity contribution in [3.05, 3.63) is 51.5 Å². The van der Waals surface area contributed by atoms with E-state index in [1.807, 2.05) is 6.07 Å². The van der Waals surface area contributed by atoms with Gasteiger partial charge in [-0.15, -0.1) is 0 Å². The highest BCUT2D eigenvalue weighted by Gasteiger charge is 2.27. The highest BCUT2D eigenvalue weighted by molar-refractivity contribution is 9.10. The predicted octanol–water partition coefficient (Wildman–Crippen LogP) is 3.10. The second kappa shape index (κ2) is 7.11. The summed E-state index contributed by atoms with van der Waals surface area (Å²) in [5, 5.41) is 14.1. The van der Waals surface area contributed by atoms with Gasteiger partial charge in [0.05, 0.1) is 10.7 Å². The average Bonchev–Trinajstić information content (AvgIpc) is 2.58. The maximum Gasteiger partial charge on any atom is 0.284 e. The van der Waals surface area contributed by atoms with Crippen LogP contribution in [0.3, 0.4) is 0 Å². The molecule has 0 fully saturated rings. The van der Waals surface area contributed by atoms with Crippen molar-refractivity contribution >= 4 is 39.7 Å². The molecule has 0 bridgehead atoms. The monoisotopic (exact) mass is 410 g/mol. The summed E-state index contributed by atoms with van der Waals surface area (Å²) in [6, 6.07) is 10.2. The Hall–Kier alpha value is -2.25.